The van der Waals surface area contributed by atoms with Crippen molar-refractivity contribution >= 4 is 11.6 Å². The van der Waals surface area contributed by atoms with Gasteiger partial charge in [-0.15, -0.1) is 0 Å². The molecule has 2 atom stereocenters. The highest BCUT2D eigenvalue weighted by Crippen LogP contribution is 2.28. The normalized spacial score (nSPS) is 14.6. The molecular weight excluding hydrogens is 234 g/mol. The first-order chi connectivity index (χ1) is 8.19. The number of rotatable bonds is 7. The lowest BCUT2D eigenvalue weighted by Crippen LogP contribution is -2.08. The molecule has 0 aliphatic rings. The molecule has 0 aliphatic carbocycles. The predicted octanol–water partition coefficient (Wildman–Crippen LogP) is 4.37. The summed E-state index contributed by atoms with van der Waals surface area (Å²) in [6.07, 6.45) is 6.60. The zero-order valence-corrected chi connectivity index (χ0v) is 11.5. The lowest BCUT2D eigenvalue weighted by Gasteiger charge is -2.19. The van der Waals surface area contributed by atoms with Crippen molar-refractivity contribution in [3.8, 4) is 0 Å². The highest BCUT2D eigenvalue weighted by atomic mass is 35.5. The summed E-state index contributed by atoms with van der Waals surface area (Å²) in [6, 6.07) is 3.56. The SMILES string of the molecule is CCCCC(CC)CC(O)c1ncccc1Cl. The number of aromatic nitrogens is 1. The molecule has 0 spiro atoms. The minimum atomic E-state index is -0.537. The smallest absolute Gasteiger partial charge is 0.0977 e. The van der Waals surface area contributed by atoms with E-state index >= 15 is 0 Å². The van der Waals surface area contributed by atoms with Crippen LogP contribution >= 0.6 is 11.6 Å². The largest absolute Gasteiger partial charge is 0.387 e. The van der Waals surface area contributed by atoms with Crippen LogP contribution in [0.2, 0.25) is 5.02 Å². The number of unbranched alkanes of at least 4 members (excludes halogenated alkanes) is 1. The van der Waals surface area contributed by atoms with Gasteiger partial charge >= 0.3 is 0 Å². The van der Waals surface area contributed by atoms with Gasteiger partial charge in [-0.1, -0.05) is 51.1 Å². The lowest BCUT2D eigenvalue weighted by atomic mass is 9.92. The molecule has 2 nitrogen and oxygen atoms in total. The summed E-state index contributed by atoms with van der Waals surface area (Å²) in [5.74, 6) is 0.558. The van der Waals surface area contributed by atoms with Gasteiger partial charge in [-0.2, -0.15) is 0 Å². The summed E-state index contributed by atoms with van der Waals surface area (Å²) in [6.45, 7) is 4.37. The molecule has 17 heavy (non-hydrogen) atoms. The van der Waals surface area contributed by atoms with Crippen molar-refractivity contribution < 1.29 is 5.11 Å². The lowest BCUT2D eigenvalue weighted by molar-refractivity contribution is 0.135. The fraction of sp³-hybridized carbons (Fsp3) is 0.643. The number of halogens is 1. The monoisotopic (exact) mass is 255 g/mol. The zero-order chi connectivity index (χ0) is 12.7. The second kappa shape index (κ2) is 7.67. The highest BCUT2D eigenvalue weighted by Gasteiger charge is 2.17. The number of aliphatic hydroxyl groups is 1. The van der Waals surface area contributed by atoms with Gasteiger partial charge in [0.2, 0.25) is 0 Å². The maximum absolute atomic E-state index is 10.2. The van der Waals surface area contributed by atoms with E-state index < -0.39 is 6.10 Å². The Labute approximate surface area is 109 Å². The first-order valence-corrected chi connectivity index (χ1v) is 6.85. The van der Waals surface area contributed by atoms with Gasteiger partial charge in [0.1, 0.15) is 0 Å². The van der Waals surface area contributed by atoms with Crippen LogP contribution in [0.15, 0.2) is 18.3 Å². The van der Waals surface area contributed by atoms with Crippen molar-refractivity contribution in [2.75, 3.05) is 0 Å². The summed E-state index contributed by atoms with van der Waals surface area (Å²) >= 11 is 6.03. The highest BCUT2D eigenvalue weighted by molar-refractivity contribution is 6.31. The average Bonchev–Trinajstić information content (AvgIpc) is 2.34. The van der Waals surface area contributed by atoms with Gasteiger partial charge in [0, 0.05) is 6.20 Å². The third-order valence-corrected chi connectivity index (χ3v) is 3.52. The molecule has 0 radical (unpaired) electrons. The summed E-state index contributed by atoms with van der Waals surface area (Å²) in [5, 5.41) is 10.7. The Kier molecular flexibility index (Phi) is 6.53. The summed E-state index contributed by atoms with van der Waals surface area (Å²) in [4.78, 5) is 4.16. The summed E-state index contributed by atoms with van der Waals surface area (Å²) in [5.41, 5.74) is 0.615. The van der Waals surface area contributed by atoms with E-state index in [9.17, 15) is 5.11 Å². The van der Waals surface area contributed by atoms with Gasteiger partial charge in [-0.05, 0) is 24.5 Å². The van der Waals surface area contributed by atoms with E-state index in [1.165, 1.54) is 19.3 Å². The molecule has 0 saturated heterocycles. The predicted molar refractivity (Wildman–Crippen MR) is 72.1 cm³/mol. The van der Waals surface area contributed by atoms with Crippen molar-refractivity contribution in [1.82, 2.24) is 4.98 Å². The van der Waals surface area contributed by atoms with Crippen LogP contribution in [-0.4, -0.2) is 10.1 Å². The summed E-state index contributed by atoms with van der Waals surface area (Å²) in [7, 11) is 0. The van der Waals surface area contributed by atoms with Crippen LogP contribution in [0.1, 0.15) is 57.7 Å². The van der Waals surface area contributed by atoms with E-state index in [0.29, 0.717) is 16.6 Å². The van der Waals surface area contributed by atoms with Gasteiger partial charge in [-0.25, -0.2) is 0 Å². The van der Waals surface area contributed by atoms with Crippen LogP contribution in [0, 0.1) is 5.92 Å². The molecule has 1 rings (SSSR count). The third kappa shape index (κ3) is 4.64. The van der Waals surface area contributed by atoms with Crippen molar-refractivity contribution in [1.29, 1.82) is 0 Å². The third-order valence-electron chi connectivity index (χ3n) is 3.20. The Morgan fingerprint density at radius 2 is 2.18 bits per heavy atom. The molecule has 0 aromatic carbocycles. The molecule has 0 saturated carbocycles. The Hall–Kier alpha value is -0.600. The number of pyridine rings is 1. The average molecular weight is 256 g/mol. The van der Waals surface area contributed by atoms with E-state index in [1.807, 2.05) is 0 Å². The quantitative estimate of drug-likeness (QED) is 0.785. The Morgan fingerprint density at radius 3 is 2.76 bits per heavy atom. The first-order valence-electron chi connectivity index (χ1n) is 6.47. The first kappa shape index (κ1) is 14.5. The molecule has 0 aliphatic heterocycles. The number of hydrogen-bond donors (Lipinski definition) is 1. The second-order valence-corrected chi connectivity index (χ2v) is 4.95. The van der Waals surface area contributed by atoms with Gasteiger partial charge in [0.05, 0.1) is 16.8 Å². The second-order valence-electron chi connectivity index (χ2n) is 4.54. The fourth-order valence-electron chi connectivity index (χ4n) is 2.05. The van der Waals surface area contributed by atoms with Gasteiger partial charge in [0.25, 0.3) is 0 Å². The van der Waals surface area contributed by atoms with Gasteiger partial charge in [0.15, 0.2) is 0 Å². The van der Waals surface area contributed by atoms with Crippen LogP contribution in [-0.2, 0) is 0 Å². The standard InChI is InChI=1S/C14H22ClNO/c1-3-5-7-11(4-2)10-13(17)14-12(15)8-6-9-16-14/h6,8-9,11,13,17H,3-5,7,10H2,1-2H3. The van der Waals surface area contributed by atoms with Crippen molar-refractivity contribution in [2.45, 2.75) is 52.1 Å². The van der Waals surface area contributed by atoms with Gasteiger partial charge < -0.3 is 5.11 Å². The van der Waals surface area contributed by atoms with Crippen LogP contribution in [0.5, 0.6) is 0 Å². The molecule has 0 amide bonds. The van der Waals surface area contributed by atoms with Crippen molar-refractivity contribution in [3.05, 3.63) is 29.0 Å². The molecule has 1 N–H and O–H groups in total. The van der Waals surface area contributed by atoms with E-state index in [1.54, 1.807) is 18.3 Å². The Bertz CT molecular complexity index is 330. The van der Waals surface area contributed by atoms with Gasteiger partial charge in [-0.3, -0.25) is 4.98 Å². The molecule has 2 unspecified atom stereocenters. The van der Waals surface area contributed by atoms with Crippen molar-refractivity contribution in [2.24, 2.45) is 5.92 Å². The molecule has 3 heteroatoms. The molecule has 1 heterocycles. The minimum Gasteiger partial charge on any atom is -0.387 e. The number of aliphatic hydroxyl groups excluding tert-OH is 1. The molecule has 1 aromatic rings. The van der Waals surface area contributed by atoms with E-state index in [0.717, 1.165) is 12.8 Å². The number of hydrogen-bond acceptors (Lipinski definition) is 2. The van der Waals surface area contributed by atoms with E-state index in [4.69, 9.17) is 11.6 Å². The molecule has 1 aromatic heterocycles. The minimum absolute atomic E-state index is 0.537. The topological polar surface area (TPSA) is 33.1 Å². The maximum atomic E-state index is 10.2. The van der Waals surface area contributed by atoms with E-state index in [-0.39, 0.29) is 0 Å². The molecule has 0 bridgehead atoms. The zero-order valence-electron chi connectivity index (χ0n) is 10.7. The van der Waals surface area contributed by atoms with Crippen LogP contribution in [0.4, 0.5) is 0 Å². The Morgan fingerprint density at radius 1 is 1.41 bits per heavy atom. The summed E-state index contributed by atoms with van der Waals surface area (Å²) < 4.78 is 0. The van der Waals surface area contributed by atoms with Crippen molar-refractivity contribution in [3.63, 3.8) is 0 Å². The van der Waals surface area contributed by atoms with Crippen LogP contribution in [0.3, 0.4) is 0 Å². The number of nitrogens with zero attached hydrogens (tertiary/aromatic N) is 1. The van der Waals surface area contributed by atoms with Crippen LogP contribution in [0.25, 0.3) is 0 Å². The Balaban J connectivity index is 2.58. The fourth-order valence-corrected chi connectivity index (χ4v) is 2.30. The van der Waals surface area contributed by atoms with Crippen LogP contribution < -0.4 is 0 Å². The molecular formula is C14H22ClNO. The molecule has 96 valence electrons. The molecule has 0 fully saturated rings. The maximum Gasteiger partial charge on any atom is 0.0977 e. The van der Waals surface area contributed by atoms with E-state index in [2.05, 4.69) is 18.8 Å².